The van der Waals surface area contributed by atoms with Crippen LogP contribution in [0, 0.1) is 0 Å². The Balaban J connectivity index is 1.87. The van der Waals surface area contributed by atoms with Crippen molar-refractivity contribution in [3.63, 3.8) is 0 Å². The molecule has 2 amide bonds. The van der Waals surface area contributed by atoms with Gasteiger partial charge in [0.25, 0.3) is 0 Å². The molecule has 0 heterocycles. The van der Waals surface area contributed by atoms with Crippen LogP contribution < -0.4 is 10.6 Å². The van der Waals surface area contributed by atoms with Gasteiger partial charge < -0.3 is 10.6 Å². The van der Waals surface area contributed by atoms with Crippen molar-refractivity contribution in [3.8, 4) is 0 Å². The van der Waals surface area contributed by atoms with Crippen LogP contribution in [0.25, 0.3) is 0 Å². The van der Waals surface area contributed by atoms with Crippen LogP contribution in [0.4, 0.5) is 0 Å². The summed E-state index contributed by atoms with van der Waals surface area (Å²) in [6.07, 6.45) is 0. The van der Waals surface area contributed by atoms with Crippen LogP contribution in [0.1, 0.15) is 11.1 Å². The molecule has 0 saturated heterocycles. The summed E-state index contributed by atoms with van der Waals surface area (Å²) in [5.41, 5.74) is 1.31. The molecule has 0 radical (unpaired) electrons. The van der Waals surface area contributed by atoms with E-state index in [1.54, 1.807) is 36.4 Å². The van der Waals surface area contributed by atoms with Crippen molar-refractivity contribution < 1.29 is 9.59 Å². The number of hydrogen-bond donors (Lipinski definition) is 2. The van der Waals surface area contributed by atoms with Gasteiger partial charge in [-0.05, 0) is 35.4 Å². The highest BCUT2D eigenvalue weighted by Gasteiger charge is 2.14. The van der Waals surface area contributed by atoms with Gasteiger partial charge in [0.1, 0.15) is 0 Å². The third-order valence-electron chi connectivity index (χ3n) is 3.12. The Hall–Kier alpha value is -1.46. The quantitative estimate of drug-likeness (QED) is 0.747. The van der Waals surface area contributed by atoms with Gasteiger partial charge in [0.15, 0.2) is 0 Å². The second kappa shape index (κ2) is 8.58. The van der Waals surface area contributed by atoms with E-state index < -0.39 is 11.8 Å². The van der Waals surface area contributed by atoms with Crippen LogP contribution in [0.2, 0.25) is 20.1 Å². The van der Waals surface area contributed by atoms with Gasteiger partial charge in [-0.25, -0.2) is 0 Å². The monoisotopic (exact) mass is 404 g/mol. The number of carbonyl (C=O) groups excluding carboxylic acids is 2. The van der Waals surface area contributed by atoms with Crippen LogP contribution in [-0.4, -0.2) is 11.8 Å². The smallest absolute Gasteiger partial charge is 0.309 e. The molecule has 0 fully saturated rings. The first-order valence-corrected chi connectivity index (χ1v) is 8.32. The number of rotatable bonds is 4. The van der Waals surface area contributed by atoms with E-state index >= 15 is 0 Å². The normalized spacial score (nSPS) is 10.3. The van der Waals surface area contributed by atoms with Gasteiger partial charge in [0, 0.05) is 33.2 Å². The van der Waals surface area contributed by atoms with Crippen molar-refractivity contribution in [2.75, 3.05) is 0 Å². The molecule has 0 aliphatic carbocycles. The molecule has 0 aromatic heterocycles. The zero-order valence-corrected chi connectivity index (χ0v) is 15.2. The van der Waals surface area contributed by atoms with Gasteiger partial charge in [0.05, 0.1) is 0 Å². The van der Waals surface area contributed by atoms with E-state index in [-0.39, 0.29) is 13.1 Å². The Labute approximate surface area is 159 Å². The predicted molar refractivity (Wildman–Crippen MR) is 96.6 cm³/mol. The number of halogens is 4. The van der Waals surface area contributed by atoms with E-state index in [0.717, 1.165) is 0 Å². The van der Waals surface area contributed by atoms with Crippen molar-refractivity contribution in [2.24, 2.45) is 0 Å². The fourth-order valence-corrected chi connectivity index (χ4v) is 2.79. The summed E-state index contributed by atoms with van der Waals surface area (Å²) < 4.78 is 0. The van der Waals surface area contributed by atoms with Crippen LogP contribution >= 0.6 is 46.4 Å². The molecule has 0 aliphatic heterocycles. The Morgan fingerprint density at radius 3 is 1.42 bits per heavy atom. The Morgan fingerprint density at radius 1 is 0.708 bits per heavy atom. The van der Waals surface area contributed by atoms with E-state index in [1.807, 2.05) is 0 Å². The lowest BCUT2D eigenvalue weighted by atomic mass is 10.2. The average molecular weight is 406 g/mol. The molecule has 0 atom stereocenters. The molecule has 2 N–H and O–H groups in total. The van der Waals surface area contributed by atoms with Crippen LogP contribution in [0.5, 0.6) is 0 Å². The zero-order valence-electron chi connectivity index (χ0n) is 12.2. The van der Waals surface area contributed by atoms with Gasteiger partial charge in [0.2, 0.25) is 0 Å². The number of amides is 2. The van der Waals surface area contributed by atoms with Crippen molar-refractivity contribution in [1.82, 2.24) is 10.6 Å². The molecule has 4 nitrogen and oxygen atoms in total. The van der Waals surface area contributed by atoms with Crippen LogP contribution in [-0.2, 0) is 22.7 Å². The van der Waals surface area contributed by atoms with E-state index in [9.17, 15) is 9.59 Å². The van der Waals surface area contributed by atoms with Gasteiger partial charge in [-0.3, -0.25) is 9.59 Å². The van der Waals surface area contributed by atoms with Crippen LogP contribution in [0.3, 0.4) is 0 Å². The fourth-order valence-electron chi connectivity index (χ4n) is 1.84. The molecular formula is C16H12Cl4N2O2. The minimum absolute atomic E-state index is 0.115. The first kappa shape index (κ1) is 18.9. The zero-order chi connectivity index (χ0) is 17.7. The highest BCUT2D eigenvalue weighted by atomic mass is 35.5. The number of nitrogens with one attached hydrogen (secondary N) is 2. The van der Waals surface area contributed by atoms with Crippen molar-refractivity contribution in [2.45, 2.75) is 13.1 Å². The molecule has 2 rings (SSSR count). The topological polar surface area (TPSA) is 58.2 Å². The summed E-state index contributed by atoms with van der Waals surface area (Å²) in [4.78, 5) is 23.6. The maximum Gasteiger partial charge on any atom is 0.309 e. The lowest BCUT2D eigenvalue weighted by Crippen LogP contribution is -2.39. The average Bonchev–Trinajstić information content (AvgIpc) is 2.52. The summed E-state index contributed by atoms with van der Waals surface area (Å²) in [7, 11) is 0. The van der Waals surface area contributed by atoms with Gasteiger partial charge in [-0.15, -0.1) is 0 Å². The molecule has 2 aromatic carbocycles. The Bertz CT molecular complexity index is 715. The summed E-state index contributed by atoms with van der Waals surface area (Å²) in [5, 5.41) is 6.79. The molecule has 8 heteroatoms. The minimum atomic E-state index is -0.772. The number of benzene rings is 2. The predicted octanol–water partition coefficient (Wildman–Crippen LogP) is 4.23. The maximum absolute atomic E-state index is 11.8. The highest BCUT2D eigenvalue weighted by molar-refractivity contribution is 6.36. The third kappa shape index (κ3) is 5.28. The molecule has 2 aromatic rings. The Morgan fingerprint density at radius 2 is 1.08 bits per heavy atom. The lowest BCUT2D eigenvalue weighted by Gasteiger charge is -2.09. The minimum Gasteiger partial charge on any atom is -0.344 e. The summed E-state index contributed by atoms with van der Waals surface area (Å²) in [6, 6.07) is 9.78. The standard InChI is InChI=1S/C16H12Cl4N2O2/c17-11-3-1-9(13(19)5-11)7-21-15(23)16(24)22-8-10-2-4-12(18)6-14(10)20/h1-6H,7-8H2,(H,21,23)(H,22,24). The Kier molecular flexibility index (Phi) is 6.75. The maximum atomic E-state index is 11.8. The SMILES string of the molecule is O=C(NCc1ccc(Cl)cc1Cl)C(=O)NCc1ccc(Cl)cc1Cl. The molecule has 0 bridgehead atoms. The molecule has 0 saturated carbocycles. The molecule has 24 heavy (non-hydrogen) atoms. The fraction of sp³-hybridized carbons (Fsp3) is 0.125. The van der Waals surface area contributed by atoms with Crippen LogP contribution in [0.15, 0.2) is 36.4 Å². The molecule has 0 unspecified atom stereocenters. The molecule has 126 valence electrons. The second-order valence-corrected chi connectivity index (χ2v) is 6.52. The van der Waals surface area contributed by atoms with Crippen molar-refractivity contribution >= 4 is 58.2 Å². The van der Waals surface area contributed by atoms with E-state index in [0.29, 0.717) is 31.2 Å². The van der Waals surface area contributed by atoms with E-state index in [2.05, 4.69) is 10.6 Å². The lowest BCUT2D eigenvalue weighted by molar-refractivity contribution is -0.139. The van der Waals surface area contributed by atoms with Gasteiger partial charge in [-0.2, -0.15) is 0 Å². The van der Waals surface area contributed by atoms with E-state index in [1.165, 1.54) is 0 Å². The number of hydrogen-bond acceptors (Lipinski definition) is 2. The first-order valence-electron chi connectivity index (χ1n) is 6.80. The largest absolute Gasteiger partial charge is 0.344 e. The molecule has 0 spiro atoms. The van der Waals surface area contributed by atoms with E-state index in [4.69, 9.17) is 46.4 Å². The third-order valence-corrected chi connectivity index (χ3v) is 4.29. The second-order valence-electron chi connectivity index (χ2n) is 4.84. The van der Waals surface area contributed by atoms with Crippen molar-refractivity contribution in [1.29, 1.82) is 0 Å². The number of carbonyl (C=O) groups is 2. The summed E-state index contributed by atoms with van der Waals surface area (Å²) in [5.74, 6) is -1.54. The highest BCUT2D eigenvalue weighted by Crippen LogP contribution is 2.21. The molecule has 0 aliphatic rings. The van der Waals surface area contributed by atoms with Crippen molar-refractivity contribution in [3.05, 3.63) is 67.6 Å². The first-order chi connectivity index (χ1) is 11.4. The summed E-state index contributed by atoms with van der Waals surface area (Å²) in [6.45, 7) is 0.230. The molecular weight excluding hydrogens is 394 g/mol. The van der Waals surface area contributed by atoms with Gasteiger partial charge >= 0.3 is 11.8 Å². The van der Waals surface area contributed by atoms with Gasteiger partial charge in [-0.1, -0.05) is 58.5 Å². The summed E-state index contributed by atoms with van der Waals surface area (Å²) >= 11 is 23.6.